The number of anilines is 1. The summed E-state index contributed by atoms with van der Waals surface area (Å²) in [5.41, 5.74) is 4.84. The number of benzene rings is 1. The van der Waals surface area contributed by atoms with Gasteiger partial charge in [0.1, 0.15) is 5.75 Å². The number of nitrogens with zero attached hydrogens (tertiary/aromatic N) is 2. The zero-order valence-electron chi connectivity index (χ0n) is 11.4. The fourth-order valence-electron chi connectivity index (χ4n) is 1.51. The first-order chi connectivity index (χ1) is 9.69. The van der Waals surface area contributed by atoms with E-state index in [0.717, 1.165) is 33.0 Å². The Bertz CT molecular complexity index is 598. The molecule has 0 amide bonds. The van der Waals surface area contributed by atoms with Gasteiger partial charge in [0.25, 0.3) is 0 Å². The van der Waals surface area contributed by atoms with Crippen molar-refractivity contribution >= 4 is 38.6 Å². The summed E-state index contributed by atoms with van der Waals surface area (Å²) in [6, 6.07) is 5.88. The van der Waals surface area contributed by atoms with Crippen LogP contribution in [-0.4, -0.2) is 17.8 Å². The number of nitrogens with one attached hydrogen (secondary N) is 1. The highest BCUT2D eigenvalue weighted by molar-refractivity contribution is 9.10. The number of hydrogen-bond donors (Lipinski definition) is 1. The van der Waals surface area contributed by atoms with Crippen molar-refractivity contribution < 1.29 is 4.74 Å². The maximum Gasteiger partial charge on any atom is 0.203 e. The molecule has 0 aliphatic carbocycles. The zero-order chi connectivity index (χ0) is 14.4. The van der Waals surface area contributed by atoms with E-state index in [2.05, 4.69) is 38.4 Å². The molecular weight excluding hydrogens is 338 g/mol. The molecule has 0 unspecified atom stereocenters. The van der Waals surface area contributed by atoms with Gasteiger partial charge in [0, 0.05) is 15.4 Å². The number of hydrogen-bond acceptors (Lipinski definition) is 5. The fraction of sp³-hybridized carbons (Fsp3) is 0.286. The summed E-state index contributed by atoms with van der Waals surface area (Å²) in [6.45, 7) is 4.73. The molecule has 0 fully saturated rings. The van der Waals surface area contributed by atoms with Crippen molar-refractivity contribution in [2.75, 3.05) is 12.0 Å². The van der Waals surface area contributed by atoms with Crippen LogP contribution in [0.5, 0.6) is 5.75 Å². The first-order valence-electron chi connectivity index (χ1n) is 6.32. The highest BCUT2D eigenvalue weighted by Crippen LogP contribution is 2.23. The van der Waals surface area contributed by atoms with Crippen LogP contribution in [0.2, 0.25) is 0 Å². The summed E-state index contributed by atoms with van der Waals surface area (Å²) in [7, 11) is 0. The van der Waals surface area contributed by atoms with Gasteiger partial charge in [-0.2, -0.15) is 5.10 Å². The molecule has 1 heterocycles. The van der Waals surface area contributed by atoms with Crippen LogP contribution >= 0.6 is 27.3 Å². The van der Waals surface area contributed by atoms with E-state index in [1.165, 1.54) is 11.3 Å². The summed E-state index contributed by atoms with van der Waals surface area (Å²) in [6.07, 6.45) is 2.72. The molecule has 1 aromatic heterocycles. The molecule has 0 spiro atoms. The first kappa shape index (κ1) is 15.0. The Morgan fingerprint density at radius 2 is 2.35 bits per heavy atom. The minimum absolute atomic E-state index is 0.691. The second-order valence-electron chi connectivity index (χ2n) is 4.19. The van der Waals surface area contributed by atoms with Gasteiger partial charge in [0.05, 0.1) is 18.5 Å². The molecule has 0 radical (unpaired) electrons. The summed E-state index contributed by atoms with van der Waals surface area (Å²) < 4.78 is 6.70. The van der Waals surface area contributed by atoms with Crippen LogP contribution in [0.4, 0.5) is 5.13 Å². The third-order valence-corrected chi connectivity index (χ3v) is 3.78. The lowest BCUT2D eigenvalue weighted by Gasteiger charge is -2.08. The van der Waals surface area contributed by atoms with Crippen molar-refractivity contribution in [3.63, 3.8) is 0 Å². The van der Waals surface area contributed by atoms with E-state index in [0.29, 0.717) is 6.61 Å². The smallest absolute Gasteiger partial charge is 0.203 e. The maximum atomic E-state index is 5.71. The third kappa shape index (κ3) is 4.31. The van der Waals surface area contributed by atoms with E-state index in [-0.39, 0.29) is 0 Å². The number of ether oxygens (including phenoxy) is 1. The van der Waals surface area contributed by atoms with Gasteiger partial charge in [-0.1, -0.05) is 22.9 Å². The standard InChI is InChI=1S/C14H16BrN3OS/c1-3-6-19-13-7-12(15)5-4-11(13)8-16-18-14-17-10(2)9-20-14/h4-5,7-9H,3,6H2,1-2H3,(H,17,18). The summed E-state index contributed by atoms with van der Waals surface area (Å²) >= 11 is 4.98. The maximum absolute atomic E-state index is 5.71. The van der Waals surface area contributed by atoms with E-state index >= 15 is 0 Å². The van der Waals surface area contributed by atoms with Crippen molar-refractivity contribution in [3.05, 3.63) is 39.3 Å². The molecule has 6 heteroatoms. The lowest BCUT2D eigenvalue weighted by atomic mass is 10.2. The Kier molecular flexibility index (Phi) is 5.55. The Labute approximate surface area is 131 Å². The van der Waals surface area contributed by atoms with Crippen molar-refractivity contribution in [2.24, 2.45) is 5.10 Å². The van der Waals surface area contributed by atoms with Gasteiger partial charge in [0.15, 0.2) is 0 Å². The number of rotatable bonds is 6. The lowest BCUT2D eigenvalue weighted by Crippen LogP contribution is -1.99. The Morgan fingerprint density at radius 3 is 3.05 bits per heavy atom. The molecule has 2 rings (SSSR count). The molecular formula is C14H16BrN3OS. The average Bonchev–Trinajstić information content (AvgIpc) is 2.84. The Morgan fingerprint density at radius 1 is 1.50 bits per heavy atom. The molecule has 4 nitrogen and oxygen atoms in total. The minimum Gasteiger partial charge on any atom is -0.493 e. The third-order valence-electron chi connectivity index (χ3n) is 2.42. The number of hydrazone groups is 1. The van der Waals surface area contributed by atoms with Crippen molar-refractivity contribution in [3.8, 4) is 5.75 Å². The molecule has 0 aliphatic rings. The number of thiazole rings is 1. The molecule has 0 saturated carbocycles. The van der Waals surface area contributed by atoms with Gasteiger partial charge in [-0.3, -0.25) is 5.43 Å². The van der Waals surface area contributed by atoms with Crippen molar-refractivity contribution in [1.29, 1.82) is 0 Å². The van der Waals surface area contributed by atoms with Gasteiger partial charge in [-0.25, -0.2) is 4.98 Å². The molecule has 1 aromatic carbocycles. The highest BCUT2D eigenvalue weighted by Gasteiger charge is 2.02. The normalized spacial score (nSPS) is 10.9. The second kappa shape index (κ2) is 7.40. The summed E-state index contributed by atoms with van der Waals surface area (Å²) in [5, 5.41) is 6.96. The lowest BCUT2D eigenvalue weighted by molar-refractivity contribution is 0.317. The minimum atomic E-state index is 0.691. The van der Waals surface area contributed by atoms with E-state index < -0.39 is 0 Å². The van der Waals surface area contributed by atoms with Crippen LogP contribution < -0.4 is 10.2 Å². The van der Waals surface area contributed by atoms with Crippen molar-refractivity contribution in [2.45, 2.75) is 20.3 Å². The molecule has 0 bridgehead atoms. The van der Waals surface area contributed by atoms with Crippen LogP contribution in [0.15, 0.2) is 33.2 Å². The Hall–Kier alpha value is -1.40. The van der Waals surface area contributed by atoms with Gasteiger partial charge >= 0.3 is 0 Å². The fourth-order valence-corrected chi connectivity index (χ4v) is 2.49. The zero-order valence-corrected chi connectivity index (χ0v) is 13.8. The van der Waals surface area contributed by atoms with Crippen LogP contribution in [-0.2, 0) is 0 Å². The summed E-state index contributed by atoms with van der Waals surface area (Å²) in [5.74, 6) is 0.821. The average molecular weight is 354 g/mol. The van der Waals surface area contributed by atoms with Gasteiger partial charge in [-0.15, -0.1) is 11.3 Å². The Balaban J connectivity index is 2.07. The molecule has 0 atom stereocenters. The predicted molar refractivity (Wildman–Crippen MR) is 88.0 cm³/mol. The van der Waals surface area contributed by atoms with Crippen LogP contribution in [0, 0.1) is 6.92 Å². The summed E-state index contributed by atoms with van der Waals surface area (Å²) in [4.78, 5) is 4.28. The van der Waals surface area contributed by atoms with E-state index in [9.17, 15) is 0 Å². The largest absolute Gasteiger partial charge is 0.493 e. The van der Waals surface area contributed by atoms with Crippen LogP contribution in [0.1, 0.15) is 24.6 Å². The van der Waals surface area contributed by atoms with Crippen LogP contribution in [0.3, 0.4) is 0 Å². The monoisotopic (exact) mass is 353 g/mol. The molecule has 2 aromatic rings. The number of halogens is 1. The molecule has 0 aliphatic heterocycles. The quantitative estimate of drug-likeness (QED) is 0.616. The van der Waals surface area contributed by atoms with Gasteiger partial charge < -0.3 is 4.74 Å². The molecule has 0 saturated heterocycles. The molecule has 1 N–H and O–H groups in total. The van der Waals surface area contributed by atoms with E-state index in [1.54, 1.807) is 6.21 Å². The van der Waals surface area contributed by atoms with Gasteiger partial charge in [0.2, 0.25) is 5.13 Å². The molecule has 106 valence electrons. The number of aryl methyl sites for hydroxylation is 1. The van der Waals surface area contributed by atoms with Crippen molar-refractivity contribution in [1.82, 2.24) is 4.98 Å². The molecule has 20 heavy (non-hydrogen) atoms. The first-order valence-corrected chi connectivity index (χ1v) is 8.00. The van der Waals surface area contributed by atoms with Gasteiger partial charge in [-0.05, 0) is 31.5 Å². The second-order valence-corrected chi connectivity index (χ2v) is 5.97. The number of aromatic nitrogens is 1. The van der Waals surface area contributed by atoms with E-state index in [4.69, 9.17) is 4.74 Å². The highest BCUT2D eigenvalue weighted by atomic mass is 79.9. The predicted octanol–water partition coefficient (Wildman–Crippen LogP) is 4.45. The topological polar surface area (TPSA) is 46.5 Å². The van der Waals surface area contributed by atoms with E-state index in [1.807, 2.05) is 30.5 Å². The SMILES string of the molecule is CCCOc1cc(Br)ccc1C=NNc1nc(C)cs1. The van der Waals surface area contributed by atoms with Crippen LogP contribution in [0.25, 0.3) is 0 Å².